The Balaban J connectivity index is 2.79. The van der Waals surface area contributed by atoms with Crippen molar-refractivity contribution in [1.29, 1.82) is 0 Å². The Kier molecular flexibility index (Phi) is 9.14. The Hall–Kier alpha value is -1.02. The second-order valence-electron chi connectivity index (χ2n) is 5.47. The molecule has 1 rings (SSSR count). The normalized spacial score (nSPS) is 11.0. The summed E-state index contributed by atoms with van der Waals surface area (Å²) in [6.45, 7) is 10.3. The molecule has 0 fully saturated rings. The number of hydrogen-bond donors (Lipinski definition) is 0. The predicted octanol–water partition coefficient (Wildman–Crippen LogP) is 5.11. The van der Waals surface area contributed by atoms with Crippen LogP contribution in [0, 0.1) is 0 Å². The third-order valence-corrected chi connectivity index (χ3v) is 3.66. The van der Waals surface area contributed by atoms with Gasteiger partial charge in [-0.1, -0.05) is 58.2 Å². The fourth-order valence-electron chi connectivity index (χ4n) is 2.38. The van der Waals surface area contributed by atoms with Crippen LogP contribution in [-0.4, -0.2) is 24.6 Å². The highest BCUT2D eigenvalue weighted by molar-refractivity contribution is 5.44. The second kappa shape index (κ2) is 10.7. The summed E-state index contributed by atoms with van der Waals surface area (Å²) in [4.78, 5) is 0. The summed E-state index contributed by atoms with van der Waals surface area (Å²) in [6, 6.07) is 10.9. The van der Waals surface area contributed by atoms with E-state index in [1.807, 2.05) is 0 Å². The van der Waals surface area contributed by atoms with E-state index in [1.54, 1.807) is 0 Å². The molecular weight excluding hydrogens is 244 g/mol. The minimum absolute atomic E-state index is 1.13. The zero-order chi connectivity index (χ0) is 14.6. The lowest BCUT2D eigenvalue weighted by molar-refractivity contribution is 0.239. The number of hydrazine groups is 1. The molecule has 0 atom stereocenters. The first-order valence-corrected chi connectivity index (χ1v) is 8.40. The SMILES string of the molecule is CCCCN(CCCC)N(CCCC)c1ccccc1. The fourth-order valence-corrected chi connectivity index (χ4v) is 2.38. The van der Waals surface area contributed by atoms with Crippen molar-refractivity contribution in [3.63, 3.8) is 0 Å². The van der Waals surface area contributed by atoms with Gasteiger partial charge in [0.15, 0.2) is 0 Å². The Labute approximate surface area is 125 Å². The quantitative estimate of drug-likeness (QED) is 0.518. The van der Waals surface area contributed by atoms with Crippen LogP contribution in [0.3, 0.4) is 0 Å². The van der Waals surface area contributed by atoms with Gasteiger partial charge in [0.1, 0.15) is 0 Å². The Morgan fingerprint density at radius 1 is 0.700 bits per heavy atom. The van der Waals surface area contributed by atoms with Crippen LogP contribution >= 0.6 is 0 Å². The molecule has 0 bridgehead atoms. The van der Waals surface area contributed by atoms with E-state index in [0.29, 0.717) is 0 Å². The zero-order valence-corrected chi connectivity index (χ0v) is 13.6. The third kappa shape index (κ3) is 5.96. The van der Waals surface area contributed by atoms with Gasteiger partial charge < -0.3 is 5.01 Å². The number of para-hydroxylation sites is 1. The van der Waals surface area contributed by atoms with E-state index in [1.165, 1.54) is 57.3 Å². The predicted molar refractivity (Wildman–Crippen MR) is 90.1 cm³/mol. The van der Waals surface area contributed by atoms with Gasteiger partial charge in [-0.15, -0.1) is 0 Å². The number of nitrogens with zero attached hydrogens (tertiary/aromatic N) is 2. The van der Waals surface area contributed by atoms with E-state index in [0.717, 1.165) is 6.54 Å². The standard InChI is InChI=1S/C18H32N2/c1-4-7-15-19(16-8-5-2)20(17-9-6-3)18-13-11-10-12-14-18/h10-14H,4-9,15-17H2,1-3H3. The molecule has 1 aromatic rings. The van der Waals surface area contributed by atoms with Gasteiger partial charge in [0.2, 0.25) is 0 Å². The maximum absolute atomic E-state index is 2.57. The van der Waals surface area contributed by atoms with Crippen LogP contribution in [0.4, 0.5) is 5.69 Å². The van der Waals surface area contributed by atoms with Crippen molar-refractivity contribution in [3.8, 4) is 0 Å². The number of hydrogen-bond acceptors (Lipinski definition) is 2. The van der Waals surface area contributed by atoms with Gasteiger partial charge in [-0.05, 0) is 31.4 Å². The summed E-state index contributed by atoms with van der Waals surface area (Å²) in [7, 11) is 0. The van der Waals surface area contributed by atoms with Crippen molar-refractivity contribution in [1.82, 2.24) is 5.01 Å². The maximum Gasteiger partial charge on any atom is 0.0522 e. The fraction of sp³-hybridized carbons (Fsp3) is 0.667. The smallest absolute Gasteiger partial charge is 0.0522 e. The molecule has 0 spiro atoms. The molecule has 0 aromatic heterocycles. The van der Waals surface area contributed by atoms with Gasteiger partial charge in [0.25, 0.3) is 0 Å². The molecule has 0 amide bonds. The molecule has 2 heteroatoms. The minimum Gasteiger partial charge on any atom is -0.306 e. The maximum atomic E-state index is 2.57. The summed E-state index contributed by atoms with van der Waals surface area (Å²) < 4.78 is 0. The van der Waals surface area contributed by atoms with Crippen LogP contribution in [0.2, 0.25) is 0 Å². The Bertz CT molecular complexity index is 315. The monoisotopic (exact) mass is 276 g/mol. The highest BCUT2D eigenvalue weighted by atomic mass is 15.6. The number of rotatable bonds is 11. The van der Waals surface area contributed by atoms with Crippen LogP contribution in [-0.2, 0) is 0 Å². The summed E-state index contributed by atoms with van der Waals surface area (Å²) >= 11 is 0. The molecule has 0 radical (unpaired) electrons. The van der Waals surface area contributed by atoms with Crippen molar-refractivity contribution in [2.24, 2.45) is 0 Å². The van der Waals surface area contributed by atoms with Crippen LogP contribution in [0.5, 0.6) is 0 Å². The Morgan fingerprint density at radius 3 is 1.70 bits per heavy atom. The van der Waals surface area contributed by atoms with E-state index in [-0.39, 0.29) is 0 Å². The topological polar surface area (TPSA) is 6.48 Å². The highest BCUT2D eigenvalue weighted by Crippen LogP contribution is 2.18. The number of benzene rings is 1. The van der Waals surface area contributed by atoms with Crippen LogP contribution in [0.25, 0.3) is 0 Å². The lowest BCUT2D eigenvalue weighted by atomic mass is 10.2. The largest absolute Gasteiger partial charge is 0.306 e. The van der Waals surface area contributed by atoms with Crippen LogP contribution in [0.1, 0.15) is 59.3 Å². The van der Waals surface area contributed by atoms with Crippen LogP contribution in [0.15, 0.2) is 30.3 Å². The number of anilines is 1. The van der Waals surface area contributed by atoms with Crippen molar-refractivity contribution in [3.05, 3.63) is 30.3 Å². The van der Waals surface area contributed by atoms with Gasteiger partial charge in [-0.25, -0.2) is 5.01 Å². The molecule has 20 heavy (non-hydrogen) atoms. The molecule has 1 aromatic carbocycles. The molecule has 2 nitrogen and oxygen atoms in total. The van der Waals surface area contributed by atoms with E-state index < -0.39 is 0 Å². The first-order valence-electron chi connectivity index (χ1n) is 8.40. The van der Waals surface area contributed by atoms with Crippen molar-refractivity contribution >= 4 is 5.69 Å². The summed E-state index contributed by atoms with van der Waals surface area (Å²) in [5, 5.41) is 5.08. The molecule has 0 saturated heterocycles. The lowest BCUT2D eigenvalue weighted by Crippen LogP contribution is -2.44. The van der Waals surface area contributed by atoms with Crippen LogP contribution < -0.4 is 5.01 Å². The van der Waals surface area contributed by atoms with Crippen molar-refractivity contribution in [2.45, 2.75) is 59.3 Å². The average molecular weight is 276 g/mol. The third-order valence-electron chi connectivity index (χ3n) is 3.66. The molecule has 0 heterocycles. The second-order valence-corrected chi connectivity index (χ2v) is 5.47. The molecule has 0 saturated carbocycles. The zero-order valence-electron chi connectivity index (χ0n) is 13.6. The molecule has 0 N–H and O–H groups in total. The molecule has 0 aliphatic carbocycles. The molecule has 0 aliphatic heterocycles. The van der Waals surface area contributed by atoms with E-state index in [4.69, 9.17) is 0 Å². The summed E-state index contributed by atoms with van der Waals surface area (Å²) in [5.41, 5.74) is 1.34. The van der Waals surface area contributed by atoms with E-state index in [9.17, 15) is 0 Å². The first kappa shape index (κ1) is 17.0. The lowest BCUT2D eigenvalue weighted by Gasteiger charge is -2.37. The molecular formula is C18H32N2. The van der Waals surface area contributed by atoms with Gasteiger partial charge in [0, 0.05) is 19.6 Å². The number of unbranched alkanes of at least 4 members (excludes halogenated alkanes) is 3. The van der Waals surface area contributed by atoms with Gasteiger partial charge in [-0.2, -0.15) is 0 Å². The molecule has 0 unspecified atom stereocenters. The van der Waals surface area contributed by atoms with Gasteiger partial charge in [0.05, 0.1) is 5.69 Å². The van der Waals surface area contributed by atoms with E-state index >= 15 is 0 Å². The first-order chi connectivity index (χ1) is 9.83. The van der Waals surface area contributed by atoms with Crippen molar-refractivity contribution in [2.75, 3.05) is 24.6 Å². The minimum atomic E-state index is 1.13. The Morgan fingerprint density at radius 2 is 1.20 bits per heavy atom. The average Bonchev–Trinajstić information content (AvgIpc) is 2.50. The highest BCUT2D eigenvalue weighted by Gasteiger charge is 2.14. The summed E-state index contributed by atoms with van der Waals surface area (Å²) in [5.74, 6) is 0. The van der Waals surface area contributed by atoms with Gasteiger partial charge >= 0.3 is 0 Å². The molecule has 114 valence electrons. The van der Waals surface area contributed by atoms with E-state index in [2.05, 4.69) is 61.1 Å². The summed E-state index contributed by atoms with van der Waals surface area (Å²) in [6.07, 6.45) is 7.58. The van der Waals surface area contributed by atoms with Gasteiger partial charge in [-0.3, -0.25) is 0 Å². The van der Waals surface area contributed by atoms with Crippen molar-refractivity contribution < 1.29 is 0 Å². The molecule has 0 aliphatic rings.